The van der Waals surface area contributed by atoms with Crippen LogP contribution in [0.3, 0.4) is 0 Å². The lowest BCUT2D eigenvalue weighted by Gasteiger charge is -2.13. The predicted molar refractivity (Wildman–Crippen MR) is 155 cm³/mol. The molecule has 6 nitrogen and oxygen atoms in total. The Morgan fingerprint density at radius 3 is 2.03 bits per heavy atom. The molecule has 0 unspecified atom stereocenters. The molecule has 0 aliphatic carbocycles. The summed E-state index contributed by atoms with van der Waals surface area (Å²) in [7, 11) is 0. The fraction of sp³-hybridized carbons (Fsp3) is 0.188. The third-order valence-corrected chi connectivity index (χ3v) is 6.01. The fourth-order valence-electron chi connectivity index (χ4n) is 3.93. The van der Waals surface area contributed by atoms with Gasteiger partial charge in [-0.25, -0.2) is 0 Å². The lowest BCUT2D eigenvalue weighted by atomic mass is 10.1. The van der Waals surface area contributed by atoms with Gasteiger partial charge in [0, 0.05) is 22.6 Å². The van der Waals surface area contributed by atoms with Crippen molar-refractivity contribution in [3.05, 3.63) is 114 Å². The van der Waals surface area contributed by atoms with E-state index >= 15 is 0 Å². The Balaban J connectivity index is 1.34. The first kappa shape index (κ1) is 26.5. The van der Waals surface area contributed by atoms with Gasteiger partial charge in [-0.05, 0) is 79.2 Å². The number of nitrogens with one attached hydrogen (secondary N) is 3. The summed E-state index contributed by atoms with van der Waals surface area (Å²) < 4.78 is 5.76. The number of para-hydroxylation sites is 2. The summed E-state index contributed by atoms with van der Waals surface area (Å²) in [5, 5.41) is 9.09. The van der Waals surface area contributed by atoms with Crippen LogP contribution >= 0.6 is 0 Å². The van der Waals surface area contributed by atoms with Crippen molar-refractivity contribution < 1.29 is 14.3 Å². The van der Waals surface area contributed by atoms with Gasteiger partial charge >= 0.3 is 0 Å². The van der Waals surface area contributed by atoms with Crippen LogP contribution in [0.25, 0.3) is 0 Å². The molecule has 0 heterocycles. The predicted octanol–water partition coefficient (Wildman–Crippen LogP) is 7.89. The van der Waals surface area contributed by atoms with Crippen molar-refractivity contribution in [2.75, 3.05) is 22.6 Å². The number of amides is 2. The SMILES string of the molecule is CCCCCCOc1ccc(C(=O)Nc2ccccc2C(=O)Nc2ccc(Nc3ccccc3)cc2)cc1. The van der Waals surface area contributed by atoms with Crippen molar-refractivity contribution in [3.8, 4) is 5.75 Å². The van der Waals surface area contributed by atoms with E-state index in [-0.39, 0.29) is 11.8 Å². The number of unbranched alkanes of at least 4 members (excludes halogenated alkanes) is 3. The fourth-order valence-corrected chi connectivity index (χ4v) is 3.93. The minimum Gasteiger partial charge on any atom is -0.494 e. The molecule has 0 saturated carbocycles. The summed E-state index contributed by atoms with van der Waals surface area (Å²) in [5.74, 6) is 0.135. The van der Waals surface area contributed by atoms with Crippen molar-refractivity contribution in [3.63, 3.8) is 0 Å². The highest BCUT2D eigenvalue weighted by molar-refractivity contribution is 6.12. The molecule has 194 valence electrons. The minimum absolute atomic E-state index is 0.295. The first-order chi connectivity index (χ1) is 18.6. The molecule has 2 amide bonds. The summed E-state index contributed by atoms with van der Waals surface area (Å²) in [5.41, 5.74) is 3.85. The van der Waals surface area contributed by atoms with Crippen molar-refractivity contribution in [2.24, 2.45) is 0 Å². The van der Waals surface area contributed by atoms with Crippen molar-refractivity contribution in [1.82, 2.24) is 0 Å². The van der Waals surface area contributed by atoms with E-state index < -0.39 is 0 Å². The van der Waals surface area contributed by atoms with E-state index in [0.717, 1.165) is 30.0 Å². The summed E-state index contributed by atoms with van der Waals surface area (Å²) in [6, 6.07) is 31.3. The molecule has 38 heavy (non-hydrogen) atoms. The number of hydrogen-bond donors (Lipinski definition) is 3. The van der Waals surface area contributed by atoms with Crippen molar-refractivity contribution in [2.45, 2.75) is 32.6 Å². The van der Waals surface area contributed by atoms with E-state index in [4.69, 9.17) is 4.74 Å². The van der Waals surface area contributed by atoms with Crippen LogP contribution in [0.2, 0.25) is 0 Å². The molecule has 0 aromatic heterocycles. The highest BCUT2D eigenvalue weighted by Gasteiger charge is 2.14. The lowest BCUT2D eigenvalue weighted by molar-refractivity contribution is 0.102. The van der Waals surface area contributed by atoms with Gasteiger partial charge in [-0.3, -0.25) is 9.59 Å². The Kier molecular flexibility index (Phi) is 9.51. The number of carbonyl (C=O) groups excluding carboxylic acids is 2. The van der Waals surface area contributed by atoms with E-state index in [1.807, 2.05) is 54.6 Å². The molecule has 4 aromatic carbocycles. The topological polar surface area (TPSA) is 79.5 Å². The van der Waals surface area contributed by atoms with Gasteiger partial charge < -0.3 is 20.7 Å². The zero-order chi connectivity index (χ0) is 26.6. The lowest BCUT2D eigenvalue weighted by Crippen LogP contribution is -2.18. The highest BCUT2D eigenvalue weighted by Crippen LogP contribution is 2.22. The van der Waals surface area contributed by atoms with Crippen LogP contribution in [0.4, 0.5) is 22.7 Å². The number of ether oxygens (including phenoxy) is 1. The molecule has 0 fully saturated rings. The quantitative estimate of drug-likeness (QED) is 0.170. The molecule has 6 heteroatoms. The highest BCUT2D eigenvalue weighted by atomic mass is 16.5. The van der Waals surface area contributed by atoms with Crippen molar-refractivity contribution in [1.29, 1.82) is 0 Å². The molecule has 4 rings (SSSR count). The van der Waals surface area contributed by atoms with Crippen LogP contribution in [-0.4, -0.2) is 18.4 Å². The van der Waals surface area contributed by atoms with Gasteiger partial charge in [0.1, 0.15) is 5.75 Å². The van der Waals surface area contributed by atoms with E-state index in [2.05, 4.69) is 22.9 Å². The Labute approximate surface area is 224 Å². The third kappa shape index (κ3) is 7.71. The third-order valence-electron chi connectivity index (χ3n) is 6.01. The molecular weight excluding hydrogens is 474 g/mol. The Hall–Kier alpha value is -4.58. The van der Waals surface area contributed by atoms with Crippen molar-refractivity contribution >= 4 is 34.6 Å². The molecule has 0 saturated heterocycles. The number of carbonyl (C=O) groups is 2. The Morgan fingerprint density at radius 1 is 0.632 bits per heavy atom. The molecule has 0 aliphatic rings. The smallest absolute Gasteiger partial charge is 0.257 e. The van der Waals surface area contributed by atoms with Crippen LogP contribution in [0.5, 0.6) is 5.75 Å². The first-order valence-corrected chi connectivity index (χ1v) is 13.0. The van der Waals surface area contributed by atoms with Gasteiger partial charge in [0.25, 0.3) is 11.8 Å². The summed E-state index contributed by atoms with van der Waals surface area (Å²) in [4.78, 5) is 25.9. The van der Waals surface area contributed by atoms with Crippen LogP contribution < -0.4 is 20.7 Å². The van der Waals surface area contributed by atoms with Gasteiger partial charge in [-0.1, -0.05) is 56.5 Å². The monoisotopic (exact) mass is 507 g/mol. The van der Waals surface area contributed by atoms with Crippen LogP contribution in [0.15, 0.2) is 103 Å². The maximum atomic E-state index is 13.0. The normalized spacial score (nSPS) is 10.4. The van der Waals surface area contributed by atoms with Gasteiger partial charge in [-0.2, -0.15) is 0 Å². The van der Waals surface area contributed by atoms with Crippen LogP contribution in [0.1, 0.15) is 53.3 Å². The summed E-state index contributed by atoms with van der Waals surface area (Å²) in [6.07, 6.45) is 4.57. The summed E-state index contributed by atoms with van der Waals surface area (Å²) in [6.45, 7) is 2.85. The number of anilines is 4. The zero-order valence-corrected chi connectivity index (χ0v) is 21.6. The molecule has 0 aliphatic heterocycles. The average Bonchev–Trinajstić information content (AvgIpc) is 2.95. The number of rotatable bonds is 12. The van der Waals surface area contributed by atoms with Gasteiger partial charge in [0.2, 0.25) is 0 Å². The maximum Gasteiger partial charge on any atom is 0.257 e. The molecule has 0 bridgehead atoms. The maximum absolute atomic E-state index is 13.0. The first-order valence-electron chi connectivity index (χ1n) is 13.0. The van der Waals surface area contributed by atoms with E-state index in [1.165, 1.54) is 12.8 Å². The molecule has 0 radical (unpaired) electrons. The second-order valence-corrected chi connectivity index (χ2v) is 8.96. The summed E-state index contributed by atoms with van der Waals surface area (Å²) >= 11 is 0. The van der Waals surface area contributed by atoms with E-state index in [1.54, 1.807) is 48.5 Å². The molecule has 4 aromatic rings. The second kappa shape index (κ2) is 13.7. The van der Waals surface area contributed by atoms with Crippen LogP contribution in [-0.2, 0) is 0 Å². The Morgan fingerprint density at radius 2 is 1.29 bits per heavy atom. The van der Waals surface area contributed by atoms with Gasteiger partial charge in [-0.15, -0.1) is 0 Å². The Bertz CT molecular complexity index is 1320. The average molecular weight is 508 g/mol. The largest absolute Gasteiger partial charge is 0.494 e. The zero-order valence-electron chi connectivity index (χ0n) is 21.6. The molecule has 0 atom stereocenters. The number of hydrogen-bond acceptors (Lipinski definition) is 4. The second-order valence-electron chi connectivity index (χ2n) is 8.96. The van der Waals surface area contributed by atoms with Gasteiger partial charge in [0.05, 0.1) is 17.9 Å². The van der Waals surface area contributed by atoms with Gasteiger partial charge in [0.15, 0.2) is 0 Å². The number of benzene rings is 4. The molecule has 0 spiro atoms. The molecule has 3 N–H and O–H groups in total. The van der Waals surface area contributed by atoms with E-state index in [0.29, 0.717) is 29.1 Å². The van der Waals surface area contributed by atoms with Crippen LogP contribution in [0, 0.1) is 0 Å². The standard InChI is InChI=1S/C32H33N3O3/c1-2-3-4-10-23-38-28-21-15-24(16-22-28)31(36)35-30-14-9-8-13-29(30)32(37)34-27-19-17-26(18-20-27)33-25-11-6-5-7-12-25/h5-9,11-22,33H,2-4,10,23H2,1H3,(H,34,37)(H,35,36). The molecular formula is C32H33N3O3. The van der Waals surface area contributed by atoms with E-state index in [9.17, 15) is 9.59 Å². The minimum atomic E-state index is -0.309.